The zero-order valence-electron chi connectivity index (χ0n) is 44.7. The third-order valence-corrected chi connectivity index (χ3v) is 14.3. The zero-order valence-corrected chi connectivity index (χ0v) is 44.7. The minimum atomic E-state index is -0.352. The first-order chi connectivity index (χ1) is 32.9. The van der Waals surface area contributed by atoms with Gasteiger partial charge in [-0.2, -0.15) is 0 Å². The number of phenols is 2. The third kappa shape index (κ3) is 9.30. The zero-order chi connectivity index (χ0) is 50.8. The smallest absolute Gasteiger partial charge is 0.135 e. The SMILES string of the molecule is CCc1ccc(-c2ccc3c(-c4c(OC)c(-c5cc(C(C)(C)C)c(O)c(C(C)(C)C)c5)cc5cc(-c6ccc(CC)cc6)ccc45)c(OC)c(-c4cc(C(C)(C)C)c(O)c(C(C)(C)C)c4)cc3c2)cc1. The molecule has 4 heteroatoms. The Balaban J connectivity index is 1.58. The van der Waals surface area contributed by atoms with Crippen LogP contribution >= 0.6 is 0 Å². The highest BCUT2D eigenvalue weighted by Gasteiger charge is 2.32. The average Bonchev–Trinajstić information content (AvgIpc) is 3.31. The molecule has 2 N–H and O–H groups in total. The average molecular weight is 931 g/mol. The van der Waals surface area contributed by atoms with Crippen molar-refractivity contribution in [2.45, 2.75) is 131 Å². The largest absolute Gasteiger partial charge is 0.507 e. The normalized spacial score (nSPS) is 12.5. The standard InChI is InChI=1S/C66H74O4/c1-17-39-19-23-41(24-20-39)43-27-29-49-45(31-43)33-51(47-35-53(63(3,4)5)59(67)54(36-47)64(6,7)8)61(69-15)57(49)58-50-30-28-44(42-25-21-40(18-2)22-26-42)32-46(50)34-52(62(58)70-16)48-37-55(65(9,10)11)60(68)56(38-48)66(12,13)14/h19-38,67-68H,17-18H2,1-16H3. The first-order valence-electron chi connectivity index (χ1n) is 25.1. The maximum Gasteiger partial charge on any atom is 0.135 e. The third-order valence-electron chi connectivity index (χ3n) is 14.3. The highest BCUT2D eigenvalue weighted by molar-refractivity contribution is 6.15. The van der Waals surface area contributed by atoms with Gasteiger partial charge in [-0.25, -0.2) is 0 Å². The van der Waals surface area contributed by atoms with Crippen molar-refractivity contribution in [2.75, 3.05) is 14.2 Å². The summed E-state index contributed by atoms with van der Waals surface area (Å²) in [6.07, 6.45) is 1.95. The maximum absolute atomic E-state index is 12.0. The molecule has 70 heavy (non-hydrogen) atoms. The molecule has 0 fully saturated rings. The fourth-order valence-corrected chi connectivity index (χ4v) is 10.2. The van der Waals surface area contributed by atoms with Gasteiger partial charge in [-0.05, 0) is 149 Å². The van der Waals surface area contributed by atoms with Crippen molar-refractivity contribution >= 4 is 21.5 Å². The Morgan fingerprint density at radius 1 is 0.357 bits per heavy atom. The van der Waals surface area contributed by atoms with Gasteiger partial charge in [0, 0.05) is 44.5 Å². The molecule has 0 radical (unpaired) electrons. The number of phenolic OH excluding ortho intramolecular Hbond substituents is 2. The predicted molar refractivity (Wildman–Crippen MR) is 299 cm³/mol. The molecule has 8 rings (SSSR count). The Morgan fingerprint density at radius 3 is 0.900 bits per heavy atom. The molecule has 0 aromatic heterocycles. The van der Waals surface area contributed by atoms with E-state index < -0.39 is 0 Å². The van der Waals surface area contributed by atoms with E-state index in [2.05, 4.69) is 218 Å². The second-order valence-corrected chi connectivity index (χ2v) is 23.5. The summed E-state index contributed by atoms with van der Waals surface area (Å²) in [7, 11) is 3.55. The van der Waals surface area contributed by atoms with E-state index in [9.17, 15) is 10.2 Å². The van der Waals surface area contributed by atoms with Crippen LogP contribution in [0.4, 0.5) is 0 Å². The van der Waals surface area contributed by atoms with E-state index in [0.717, 1.165) is 112 Å². The number of hydrogen-bond acceptors (Lipinski definition) is 4. The van der Waals surface area contributed by atoms with Crippen molar-refractivity contribution in [2.24, 2.45) is 0 Å². The molecule has 362 valence electrons. The van der Waals surface area contributed by atoms with Crippen molar-refractivity contribution in [3.8, 4) is 78.6 Å². The number of rotatable bonds is 9. The van der Waals surface area contributed by atoms with Crippen LogP contribution in [0.3, 0.4) is 0 Å². The van der Waals surface area contributed by atoms with E-state index in [-0.39, 0.29) is 21.7 Å². The van der Waals surface area contributed by atoms with Crippen LogP contribution in [0.15, 0.2) is 121 Å². The van der Waals surface area contributed by atoms with Crippen molar-refractivity contribution in [3.05, 3.63) is 155 Å². The molecule has 0 aliphatic carbocycles. The van der Waals surface area contributed by atoms with Gasteiger partial charge in [-0.3, -0.25) is 0 Å². The summed E-state index contributed by atoms with van der Waals surface area (Å²) >= 11 is 0. The Kier molecular flexibility index (Phi) is 13.1. The van der Waals surface area contributed by atoms with E-state index in [1.54, 1.807) is 14.2 Å². The molecule has 0 unspecified atom stereocenters. The molecule has 8 aromatic rings. The minimum Gasteiger partial charge on any atom is -0.507 e. The van der Waals surface area contributed by atoms with E-state index in [1.165, 1.54) is 11.1 Å². The summed E-state index contributed by atoms with van der Waals surface area (Å²) in [5, 5.41) is 28.2. The highest BCUT2D eigenvalue weighted by atomic mass is 16.5. The van der Waals surface area contributed by atoms with Crippen LogP contribution in [-0.2, 0) is 34.5 Å². The number of fused-ring (bicyclic) bond motifs is 2. The van der Waals surface area contributed by atoms with Gasteiger partial charge in [0.15, 0.2) is 0 Å². The van der Waals surface area contributed by atoms with Gasteiger partial charge in [0.05, 0.1) is 14.2 Å². The van der Waals surface area contributed by atoms with E-state index >= 15 is 0 Å². The Bertz CT molecular complexity index is 2970. The van der Waals surface area contributed by atoms with Crippen LogP contribution in [0.25, 0.3) is 77.2 Å². The first kappa shape index (κ1) is 49.9. The van der Waals surface area contributed by atoms with Crippen molar-refractivity contribution in [3.63, 3.8) is 0 Å². The molecule has 0 spiro atoms. The van der Waals surface area contributed by atoms with Gasteiger partial charge in [-0.1, -0.05) is 170 Å². The molecule has 0 saturated carbocycles. The van der Waals surface area contributed by atoms with Gasteiger partial charge in [-0.15, -0.1) is 0 Å². The Labute approximate surface area is 418 Å². The molecule has 0 saturated heterocycles. The number of aryl methyl sites for hydroxylation is 2. The van der Waals surface area contributed by atoms with Crippen LogP contribution in [0.2, 0.25) is 0 Å². The molecule has 0 aliphatic rings. The first-order valence-corrected chi connectivity index (χ1v) is 25.1. The lowest BCUT2D eigenvalue weighted by Crippen LogP contribution is -2.17. The molecule has 8 aromatic carbocycles. The van der Waals surface area contributed by atoms with Crippen LogP contribution < -0.4 is 9.47 Å². The molecule has 0 atom stereocenters. The summed E-state index contributed by atoms with van der Waals surface area (Å²) in [4.78, 5) is 0. The number of ether oxygens (including phenoxy) is 2. The van der Waals surface area contributed by atoms with Crippen molar-refractivity contribution in [1.82, 2.24) is 0 Å². The van der Waals surface area contributed by atoms with Crippen LogP contribution in [-0.4, -0.2) is 24.4 Å². The summed E-state index contributed by atoms with van der Waals surface area (Å²) in [6, 6.07) is 44.5. The number of methoxy groups -OCH3 is 2. The molecule has 0 amide bonds. The lowest BCUT2D eigenvalue weighted by Gasteiger charge is -2.29. The second kappa shape index (κ2) is 18.3. The number of benzene rings is 8. The van der Waals surface area contributed by atoms with Gasteiger partial charge in [0.25, 0.3) is 0 Å². The Hall–Kier alpha value is -6.52. The van der Waals surface area contributed by atoms with Crippen LogP contribution in [0.5, 0.6) is 23.0 Å². The molecule has 0 aliphatic heterocycles. The van der Waals surface area contributed by atoms with E-state index in [1.807, 2.05) is 0 Å². The summed E-state index contributed by atoms with van der Waals surface area (Å²) in [6.45, 7) is 30.3. The van der Waals surface area contributed by atoms with Crippen LogP contribution in [0, 0.1) is 0 Å². The van der Waals surface area contributed by atoms with Gasteiger partial charge in [0.2, 0.25) is 0 Å². The quantitative estimate of drug-likeness (QED) is 0.151. The van der Waals surface area contributed by atoms with E-state index in [0.29, 0.717) is 23.0 Å². The summed E-state index contributed by atoms with van der Waals surface area (Å²) in [5.74, 6) is 2.09. The molecule has 0 heterocycles. The van der Waals surface area contributed by atoms with Gasteiger partial charge >= 0.3 is 0 Å². The lowest BCUT2D eigenvalue weighted by atomic mass is 9.76. The highest BCUT2D eigenvalue weighted by Crippen LogP contribution is 2.55. The summed E-state index contributed by atoms with van der Waals surface area (Å²) < 4.78 is 13.6. The number of aromatic hydroxyl groups is 2. The van der Waals surface area contributed by atoms with Gasteiger partial charge < -0.3 is 19.7 Å². The maximum atomic E-state index is 12.0. The molecular formula is C66H74O4. The van der Waals surface area contributed by atoms with Crippen molar-refractivity contribution < 1.29 is 19.7 Å². The monoisotopic (exact) mass is 931 g/mol. The van der Waals surface area contributed by atoms with Crippen molar-refractivity contribution in [1.29, 1.82) is 0 Å². The van der Waals surface area contributed by atoms with Crippen LogP contribution in [0.1, 0.15) is 130 Å². The minimum absolute atomic E-state index is 0.334. The predicted octanol–water partition coefficient (Wildman–Crippen LogP) is 18.1. The lowest BCUT2D eigenvalue weighted by molar-refractivity contribution is 0.412. The van der Waals surface area contributed by atoms with E-state index in [4.69, 9.17) is 9.47 Å². The molecule has 0 bridgehead atoms. The Morgan fingerprint density at radius 2 is 0.643 bits per heavy atom. The number of hydrogen-bond donors (Lipinski definition) is 2. The second-order valence-electron chi connectivity index (χ2n) is 23.5. The summed E-state index contributed by atoms with van der Waals surface area (Å²) in [5.41, 5.74) is 14.8. The fraction of sp³-hybridized carbons (Fsp3) is 0.333. The molecular weight excluding hydrogens is 857 g/mol. The van der Waals surface area contributed by atoms with Gasteiger partial charge in [0.1, 0.15) is 23.0 Å². The molecule has 4 nitrogen and oxygen atoms in total. The topological polar surface area (TPSA) is 58.9 Å². The fourth-order valence-electron chi connectivity index (χ4n) is 10.2.